The Morgan fingerprint density at radius 3 is 0.591 bits per heavy atom. The van der Waals surface area contributed by atoms with E-state index in [2.05, 4.69) is 0 Å². The Labute approximate surface area is 149 Å². The maximum absolute atomic E-state index is 9.53. The Morgan fingerprint density at radius 2 is 0.591 bits per heavy atom. The van der Waals surface area contributed by atoms with Crippen molar-refractivity contribution in [3.05, 3.63) is 0 Å². The van der Waals surface area contributed by atoms with Gasteiger partial charge in [0.25, 0.3) is 0 Å². The zero-order chi connectivity index (χ0) is 18.8. The van der Waals surface area contributed by atoms with Crippen molar-refractivity contribution >= 4 is 7.82 Å². The van der Waals surface area contributed by atoms with Gasteiger partial charge in [-0.3, -0.25) is 0 Å². The molecule has 0 aliphatic rings. The van der Waals surface area contributed by atoms with Gasteiger partial charge in [-0.2, -0.15) is 0 Å². The first-order valence-corrected chi connectivity index (χ1v) is 7.91. The topological polar surface area (TPSA) is 170 Å². The summed E-state index contributed by atoms with van der Waals surface area (Å²) >= 11 is 0. The van der Waals surface area contributed by atoms with Gasteiger partial charge in [0.1, 0.15) is 0 Å². The average Bonchev–Trinajstić information content (AvgIpc) is 1.91. The van der Waals surface area contributed by atoms with Gasteiger partial charge < -0.3 is 35.1 Å². The molecule has 8 nitrogen and oxygen atoms in total. The Kier molecular flexibility index (Phi) is 46.2. The average molecular weight is 382 g/mol. The quantitative estimate of drug-likeness (QED) is 0.322. The number of hydrogen-bond donors (Lipinski definition) is 3. The van der Waals surface area contributed by atoms with Gasteiger partial charge in [-0.15, -0.1) is 24.4 Å². The molecule has 0 unspecified atom stereocenters. The molecule has 0 radical (unpaired) electrons. The zero-order valence-corrected chi connectivity index (χ0v) is 17.1. The van der Waals surface area contributed by atoms with E-state index in [1.807, 2.05) is 0 Å². The molecule has 0 saturated heterocycles. The molecule has 0 aromatic heterocycles. The van der Waals surface area contributed by atoms with Crippen molar-refractivity contribution in [3.8, 4) is 0 Å². The van der Waals surface area contributed by atoms with Crippen LogP contribution in [0.4, 0.5) is 0 Å². The molecule has 10 heteroatoms. The molecule has 136 valence electrons. The third-order valence-corrected chi connectivity index (χ3v) is 0. The van der Waals surface area contributed by atoms with Crippen LogP contribution in [0.2, 0.25) is 0 Å². The van der Waals surface area contributed by atoms with Crippen LogP contribution in [0.3, 0.4) is 0 Å². The number of hydrogen-bond acceptors (Lipinski definition) is 5. The van der Waals surface area contributed by atoms with E-state index < -0.39 is 32.2 Å². The van der Waals surface area contributed by atoms with Crippen LogP contribution in [-0.2, 0) is 26.3 Å². The van der Waals surface area contributed by atoms with Crippen molar-refractivity contribution in [1.82, 2.24) is 0 Å². The Hall–Kier alpha value is 0.664. The second kappa shape index (κ2) is 26.6. The molecule has 3 N–H and O–H groups in total. The van der Waals surface area contributed by atoms with Crippen LogP contribution in [0.15, 0.2) is 0 Å². The van der Waals surface area contributed by atoms with Gasteiger partial charge in [0.2, 0.25) is 0 Å². The van der Waals surface area contributed by atoms with E-state index in [-0.39, 0.29) is 21.7 Å². The van der Waals surface area contributed by atoms with Crippen molar-refractivity contribution in [2.45, 2.75) is 79.8 Å². The minimum Gasteiger partial charge on any atom is -0.852 e. The van der Waals surface area contributed by atoms with E-state index in [4.69, 9.17) is 19.2 Å². The van der Waals surface area contributed by atoms with Crippen molar-refractivity contribution in [1.29, 1.82) is 0 Å². The maximum Gasteiger partial charge on any atom is 4.00 e. The summed E-state index contributed by atoms with van der Waals surface area (Å²) in [7, 11) is -4.64. The fourth-order valence-corrected chi connectivity index (χ4v) is 0. The normalized spacial score (nSPS) is 9.23. The van der Waals surface area contributed by atoms with E-state index in [0.29, 0.717) is 0 Å². The molecular weight excluding hydrogens is 351 g/mol. The summed E-state index contributed by atoms with van der Waals surface area (Å²) in [6, 6.07) is 0. The molecule has 0 amide bonds. The summed E-state index contributed by atoms with van der Waals surface area (Å²) in [5.41, 5.74) is 0. The molecule has 0 atom stereocenters. The molecule has 0 aromatic rings. The summed E-state index contributed by atoms with van der Waals surface area (Å²) < 4.78 is 8.88. The van der Waals surface area contributed by atoms with Crippen LogP contribution in [0.25, 0.3) is 0 Å². The van der Waals surface area contributed by atoms with Crippen LogP contribution in [0, 0.1) is 0 Å². The first-order valence-electron chi connectivity index (χ1n) is 6.34. The first kappa shape index (κ1) is 38.3. The van der Waals surface area contributed by atoms with Crippen LogP contribution in [0.1, 0.15) is 55.4 Å². The summed E-state index contributed by atoms with van der Waals surface area (Å²) in [5.74, 6) is 0. The van der Waals surface area contributed by atoms with Crippen molar-refractivity contribution in [2.75, 3.05) is 0 Å². The van der Waals surface area contributed by atoms with Crippen molar-refractivity contribution < 1.29 is 61.4 Å². The fourth-order valence-electron chi connectivity index (χ4n) is 0. The maximum atomic E-state index is 9.53. The van der Waals surface area contributed by atoms with Gasteiger partial charge in [0.15, 0.2) is 0 Å². The van der Waals surface area contributed by atoms with Gasteiger partial charge in [-0.05, 0) is 0 Å². The summed E-state index contributed by atoms with van der Waals surface area (Å²) in [4.78, 5) is 21.6. The molecule has 0 bridgehead atoms. The van der Waals surface area contributed by atoms with Gasteiger partial charge in [0.05, 0.1) is 0 Å². The molecule has 0 aliphatic heterocycles. The molecule has 0 aromatic carbocycles. The van der Waals surface area contributed by atoms with Crippen molar-refractivity contribution in [3.63, 3.8) is 0 Å². The monoisotopic (exact) mass is 382 g/mol. The summed E-state index contributed by atoms with van der Waals surface area (Å²) in [6.07, 6.45) is -1.67. The second-order valence-electron chi connectivity index (χ2n) is 4.71. The predicted molar refractivity (Wildman–Crippen MR) is 74.8 cm³/mol. The number of rotatable bonds is 0. The Morgan fingerprint density at radius 1 is 0.591 bits per heavy atom. The van der Waals surface area contributed by atoms with E-state index in [0.717, 1.165) is 0 Å². The zero-order valence-electron chi connectivity index (χ0n) is 14.6. The standard InChI is InChI=1S/4C3H7O.H3O4P.Ti/c4*1-3(2)4;1-5(2,3)4;/h4*3H,1-2H3;(H3,1,2,3,4);/q4*-1;;+4. The van der Waals surface area contributed by atoms with Gasteiger partial charge in [0, 0.05) is 0 Å². The van der Waals surface area contributed by atoms with E-state index >= 15 is 0 Å². The van der Waals surface area contributed by atoms with Gasteiger partial charge >= 0.3 is 29.5 Å². The molecule has 0 spiro atoms. The van der Waals surface area contributed by atoms with Crippen LogP contribution >= 0.6 is 7.82 Å². The molecule has 0 heterocycles. The Bertz CT molecular complexity index is 164. The molecule has 0 saturated carbocycles. The minimum absolute atomic E-state index is 0. The molecular formula is C12H31O8PTi. The largest absolute Gasteiger partial charge is 4.00 e. The third kappa shape index (κ3) is 18100. The third-order valence-electron chi connectivity index (χ3n) is 0. The summed E-state index contributed by atoms with van der Waals surface area (Å²) in [5, 5.41) is 38.1. The molecule has 0 rings (SSSR count). The molecule has 0 fully saturated rings. The van der Waals surface area contributed by atoms with Crippen LogP contribution < -0.4 is 20.4 Å². The van der Waals surface area contributed by atoms with E-state index in [1.54, 1.807) is 55.4 Å². The Balaban J connectivity index is -0.0000000361. The van der Waals surface area contributed by atoms with Gasteiger partial charge in [-0.25, -0.2) is 4.57 Å². The van der Waals surface area contributed by atoms with Crippen molar-refractivity contribution in [2.24, 2.45) is 0 Å². The second-order valence-corrected chi connectivity index (χ2v) is 5.73. The summed E-state index contributed by atoms with van der Waals surface area (Å²) in [6.45, 7) is 12.9. The molecule has 0 aliphatic carbocycles. The van der Waals surface area contributed by atoms with E-state index in [9.17, 15) is 20.4 Å². The van der Waals surface area contributed by atoms with E-state index in [1.165, 1.54) is 0 Å². The number of phosphoric acid groups is 1. The van der Waals surface area contributed by atoms with Crippen LogP contribution in [0.5, 0.6) is 0 Å². The minimum atomic E-state index is -4.64. The first-order chi connectivity index (χ1) is 8.93. The molecule has 22 heavy (non-hydrogen) atoms. The predicted octanol–water partition coefficient (Wildman–Crippen LogP) is -1.91. The smallest absolute Gasteiger partial charge is 0.852 e. The fraction of sp³-hybridized carbons (Fsp3) is 1.00. The SMILES string of the molecule is CC(C)[O-].CC(C)[O-].CC(C)[O-].CC(C)[O-].O=P(O)(O)O.[Ti+4]. The van der Waals surface area contributed by atoms with Crippen LogP contribution in [-0.4, -0.2) is 39.1 Å². The van der Waals surface area contributed by atoms with Gasteiger partial charge in [-0.1, -0.05) is 55.4 Å².